The van der Waals surface area contributed by atoms with Crippen LogP contribution in [0, 0.1) is 6.42 Å². The van der Waals surface area contributed by atoms with Crippen LogP contribution in [-0.4, -0.2) is 18.0 Å². The molecule has 0 atom stereocenters. The van der Waals surface area contributed by atoms with Crippen LogP contribution in [0.2, 0.25) is 0 Å². The number of unbranched alkanes of at least 4 members (excludes halogenated alkanes) is 5. The fourth-order valence-corrected chi connectivity index (χ4v) is 2.93. The number of nitrogens with zero attached hydrogens (tertiary/aromatic N) is 1. The summed E-state index contributed by atoms with van der Waals surface area (Å²) < 4.78 is 0. The lowest BCUT2D eigenvalue weighted by atomic mass is 9.96. The monoisotopic (exact) mass is 290 g/mol. The van der Waals surface area contributed by atoms with Gasteiger partial charge in [0.05, 0.1) is 0 Å². The SMILES string of the molecule is CCCCCCC1=CC[CH]C=C1N(CCCC)CCCC. The van der Waals surface area contributed by atoms with Gasteiger partial charge in [0.15, 0.2) is 0 Å². The smallest absolute Gasteiger partial charge is 0.0358 e. The molecule has 0 bridgehead atoms. The summed E-state index contributed by atoms with van der Waals surface area (Å²) in [4.78, 5) is 2.65. The van der Waals surface area contributed by atoms with E-state index in [-0.39, 0.29) is 0 Å². The average Bonchev–Trinajstić information content (AvgIpc) is 2.52. The standard InChI is InChI=1S/C20H36N/c1-4-7-10-11-14-19-15-12-13-16-20(19)21(17-8-5-2)18-9-6-3/h13,15-16H,4-12,14,17-18H2,1-3H3. The lowest BCUT2D eigenvalue weighted by Gasteiger charge is -2.31. The summed E-state index contributed by atoms with van der Waals surface area (Å²) >= 11 is 0. The van der Waals surface area contributed by atoms with Crippen LogP contribution in [0.5, 0.6) is 0 Å². The highest BCUT2D eigenvalue weighted by Gasteiger charge is 2.15. The van der Waals surface area contributed by atoms with Gasteiger partial charge in [0.2, 0.25) is 0 Å². The Kier molecular flexibility index (Phi) is 10.4. The Balaban J connectivity index is 2.59. The van der Waals surface area contributed by atoms with E-state index < -0.39 is 0 Å². The molecule has 121 valence electrons. The van der Waals surface area contributed by atoms with Gasteiger partial charge in [-0.15, -0.1) is 0 Å². The van der Waals surface area contributed by atoms with Gasteiger partial charge in [-0.1, -0.05) is 65.0 Å². The first-order chi connectivity index (χ1) is 10.3. The Morgan fingerprint density at radius 2 is 1.52 bits per heavy atom. The maximum absolute atomic E-state index is 2.65. The molecule has 0 aliphatic heterocycles. The Labute approximate surface area is 133 Å². The van der Waals surface area contributed by atoms with Crippen LogP contribution >= 0.6 is 0 Å². The predicted octanol–water partition coefficient (Wildman–Crippen LogP) is 6.28. The molecule has 1 aliphatic carbocycles. The van der Waals surface area contributed by atoms with Crippen molar-refractivity contribution in [2.24, 2.45) is 0 Å². The van der Waals surface area contributed by atoms with E-state index in [1.165, 1.54) is 76.6 Å². The molecule has 0 saturated heterocycles. The van der Waals surface area contributed by atoms with Gasteiger partial charge in [0.1, 0.15) is 0 Å². The third-order valence-corrected chi connectivity index (χ3v) is 4.31. The Hall–Kier alpha value is -0.720. The van der Waals surface area contributed by atoms with Crippen LogP contribution in [0.4, 0.5) is 0 Å². The van der Waals surface area contributed by atoms with Gasteiger partial charge < -0.3 is 4.90 Å². The molecule has 0 saturated carbocycles. The average molecular weight is 291 g/mol. The molecule has 0 heterocycles. The van der Waals surface area contributed by atoms with Gasteiger partial charge in [-0.2, -0.15) is 0 Å². The van der Waals surface area contributed by atoms with Crippen LogP contribution in [-0.2, 0) is 0 Å². The van der Waals surface area contributed by atoms with Crippen molar-refractivity contribution in [3.63, 3.8) is 0 Å². The van der Waals surface area contributed by atoms with E-state index in [9.17, 15) is 0 Å². The third kappa shape index (κ3) is 7.20. The lowest BCUT2D eigenvalue weighted by molar-refractivity contribution is 0.333. The molecule has 0 spiro atoms. The molecule has 1 nitrogen and oxygen atoms in total. The van der Waals surface area contributed by atoms with Gasteiger partial charge in [0, 0.05) is 18.8 Å². The second kappa shape index (κ2) is 11.9. The van der Waals surface area contributed by atoms with Crippen LogP contribution < -0.4 is 0 Å². The molecule has 0 fully saturated rings. The second-order valence-electron chi connectivity index (χ2n) is 6.26. The molecular formula is C20H36N. The highest BCUT2D eigenvalue weighted by atomic mass is 15.1. The molecule has 21 heavy (non-hydrogen) atoms. The van der Waals surface area contributed by atoms with E-state index in [4.69, 9.17) is 0 Å². The van der Waals surface area contributed by atoms with Gasteiger partial charge in [-0.3, -0.25) is 0 Å². The normalized spacial score (nSPS) is 14.8. The maximum Gasteiger partial charge on any atom is 0.0358 e. The molecule has 0 aromatic heterocycles. The Bertz CT molecular complexity index is 306. The van der Waals surface area contributed by atoms with Gasteiger partial charge in [0.25, 0.3) is 0 Å². The molecular weight excluding hydrogens is 254 g/mol. The summed E-state index contributed by atoms with van der Waals surface area (Å²) in [5, 5.41) is 0. The summed E-state index contributed by atoms with van der Waals surface area (Å²) in [5.74, 6) is 0. The number of hydrogen-bond acceptors (Lipinski definition) is 1. The summed E-state index contributed by atoms with van der Waals surface area (Å²) in [6.45, 7) is 9.32. The highest BCUT2D eigenvalue weighted by molar-refractivity contribution is 5.36. The molecule has 1 aliphatic rings. The van der Waals surface area contributed by atoms with Crippen LogP contribution in [0.25, 0.3) is 0 Å². The van der Waals surface area contributed by atoms with Crippen molar-refractivity contribution >= 4 is 0 Å². The minimum absolute atomic E-state index is 1.13. The first-order valence-electron chi connectivity index (χ1n) is 9.31. The largest absolute Gasteiger partial charge is 0.372 e. The summed E-state index contributed by atoms with van der Waals surface area (Å²) in [7, 11) is 0. The van der Waals surface area contributed by atoms with E-state index in [0.29, 0.717) is 0 Å². The van der Waals surface area contributed by atoms with Gasteiger partial charge in [-0.05, 0) is 44.1 Å². The van der Waals surface area contributed by atoms with Crippen molar-refractivity contribution in [1.82, 2.24) is 4.90 Å². The van der Waals surface area contributed by atoms with Crippen molar-refractivity contribution in [3.8, 4) is 0 Å². The molecule has 1 heteroatoms. The molecule has 0 aromatic carbocycles. The molecule has 0 aromatic rings. The second-order valence-corrected chi connectivity index (χ2v) is 6.26. The molecule has 1 radical (unpaired) electrons. The Morgan fingerprint density at radius 3 is 2.14 bits per heavy atom. The minimum atomic E-state index is 1.13. The maximum atomic E-state index is 2.65. The van der Waals surface area contributed by atoms with E-state index in [1.807, 2.05) is 0 Å². The summed E-state index contributed by atoms with van der Waals surface area (Å²) in [6, 6.07) is 0. The fourth-order valence-electron chi connectivity index (χ4n) is 2.93. The molecule has 0 amide bonds. The van der Waals surface area contributed by atoms with Crippen molar-refractivity contribution in [2.45, 2.75) is 85.0 Å². The quantitative estimate of drug-likeness (QED) is 0.382. The van der Waals surface area contributed by atoms with E-state index >= 15 is 0 Å². The zero-order chi connectivity index (χ0) is 15.3. The zero-order valence-corrected chi connectivity index (χ0v) is 14.7. The summed E-state index contributed by atoms with van der Waals surface area (Å²) in [5.41, 5.74) is 3.14. The van der Waals surface area contributed by atoms with Crippen LogP contribution in [0.3, 0.4) is 0 Å². The van der Waals surface area contributed by atoms with Crippen LogP contribution in [0.15, 0.2) is 23.4 Å². The predicted molar refractivity (Wildman–Crippen MR) is 95.2 cm³/mol. The number of allylic oxidation sites excluding steroid dienone is 3. The lowest BCUT2D eigenvalue weighted by Crippen LogP contribution is -2.27. The highest BCUT2D eigenvalue weighted by Crippen LogP contribution is 2.27. The molecule has 0 unspecified atom stereocenters. The molecule has 1 rings (SSSR count). The van der Waals surface area contributed by atoms with Gasteiger partial charge >= 0.3 is 0 Å². The van der Waals surface area contributed by atoms with Crippen LogP contribution in [0.1, 0.15) is 85.0 Å². The number of rotatable bonds is 12. The van der Waals surface area contributed by atoms with Gasteiger partial charge in [-0.25, -0.2) is 0 Å². The van der Waals surface area contributed by atoms with Crippen molar-refractivity contribution < 1.29 is 0 Å². The van der Waals surface area contributed by atoms with Crippen molar-refractivity contribution in [1.29, 1.82) is 0 Å². The third-order valence-electron chi connectivity index (χ3n) is 4.31. The first-order valence-corrected chi connectivity index (χ1v) is 9.31. The number of hydrogen-bond donors (Lipinski definition) is 0. The summed E-state index contributed by atoms with van der Waals surface area (Å²) in [6.07, 6.45) is 20.2. The van der Waals surface area contributed by atoms with E-state index in [0.717, 1.165) is 6.42 Å². The van der Waals surface area contributed by atoms with E-state index in [1.54, 1.807) is 5.57 Å². The van der Waals surface area contributed by atoms with Crippen molar-refractivity contribution in [2.75, 3.05) is 13.1 Å². The fraction of sp³-hybridized carbons (Fsp3) is 0.750. The topological polar surface area (TPSA) is 3.24 Å². The minimum Gasteiger partial charge on any atom is -0.372 e. The van der Waals surface area contributed by atoms with E-state index in [2.05, 4.69) is 44.2 Å². The Morgan fingerprint density at radius 1 is 0.857 bits per heavy atom. The zero-order valence-electron chi connectivity index (χ0n) is 14.7. The molecule has 0 N–H and O–H groups in total. The van der Waals surface area contributed by atoms with Crippen molar-refractivity contribution in [3.05, 3.63) is 29.8 Å². The first kappa shape index (κ1) is 18.3.